The number of carbonyl (C=O) groups excluding carboxylic acids is 1. The van der Waals surface area contributed by atoms with Crippen LogP contribution in [-0.4, -0.2) is 18.0 Å². The summed E-state index contributed by atoms with van der Waals surface area (Å²) < 4.78 is 26.1. The first kappa shape index (κ1) is 13.0. The Balaban J connectivity index is 1.98. The molecule has 0 unspecified atom stereocenters. The summed E-state index contributed by atoms with van der Waals surface area (Å²) in [4.78, 5) is 11.8. The normalized spacial score (nSPS) is 17.1. The maximum absolute atomic E-state index is 13.4. The zero-order chi connectivity index (χ0) is 13.2. The minimum absolute atomic E-state index is 0.0894. The monoisotopic (exact) mass is 254 g/mol. The topological polar surface area (TPSA) is 55.1 Å². The Bertz CT molecular complexity index is 453. The van der Waals surface area contributed by atoms with Crippen molar-refractivity contribution < 1.29 is 13.6 Å². The Morgan fingerprint density at radius 1 is 1.39 bits per heavy atom. The number of nitrogens with one attached hydrogen (secondary N) is 1. The summed E-state index contributed by atoms with van der Waals surface area (Å²) in [5, 5.41) is 2.85. The molecule has 2 rings (SSSR count). The third-order valence-corrected chi connectivity index (χ3v) is 3.47. The minimum atomic E-state index is -0.694. The zero-order valence-electron chi connectivity index (χ0n) is 10.0. The Kier molecular flexibility index (Phi) is 3.61. The molecule has 1 amide bonds. The van der Waals surface area contributed by atoms with Gasteiger partial charge in [0, 0.05) is 12.6 Å². The molecular formula is C13H16F2N2O. The lowest BCUT2D eigenvalue weighted by Crippen LogP contribution is -2.58. The lowest BCUT2D eigenvalue weighted by molar-refractivity contribution is -0.123. The van der Waals surface area contributed by atoms with E-state index in [2.05, 4.69) is 5.32 Å². The molecule has 3 nitrogen and oxygen atoms in total. The highest BCUT2D eigenvalue weighted by atomic mass is 19.1. The maximum atomic E-state index is 13.4. The predicted octanol–water partition coefficient (Wildman–Crippen LogP) is 1.50. The van der Waals surface area contributed by atoms with Gasteiger partial charge in [0.1, 0.15) is 11.6 Å². The van der Waals surface area contributed by atoms with E-state index in [4.69, 9.17) is 5.73 Å². The number of halogens is 2. The predicted molar refractivity (Wildman–Crippen MR) is 63.8 cm³/mol. The molecule has 0 radical (unpaired) electrons. The van der Waals surface area contributed by atoms with Crippen LogP contribution in [0.25, 0.3) is 0 Å². The van der Waals surface area contributed by atoms with Crippen LogP contribution in [-0.2, 0) is 11.2 Å². The Morgan fingerprint density at radius 3 is 2.61 bits per heavy atom. The molecule has 3 N–H and O–H groups in total. The lowest BCUT2D eigenvalue weighted by Gasteiger charge is -2.41. The highest BCUT2D eigenvalue weighted by Crippen LogP contribution is 2.30. The van der Waals surface area contributed by atoms with Gasteiger partial charge in [-0.3, -0.25) is 4.79 Å². The quantitative estimate of drug-likeness (QED) is 0.855. The molecule has 0 bridgehead atoms. The molecule has 0 atom stereocenters. The largest absolute Gasteiger partial charge is 0.349 e. The fraction of sp³-hybridized carbons (Fsp3) is 0.462. The molecule has 18 heavy (non-hydrogen) atoms. The molecule has 0 heterocycles. The third kappa shape index (κ3) is 2.67. The van der Waals surface area contributed by atoms with Crippen LogP contribution in [0.3, 0.4) is 0 Å². The summed E-state index contributed by atoms with van der Waals surface area (Å²) in [5.74, 6) is -1.61. The summed E-state index contributed by atoms with van der Waals surface area (Å²) in [5.41, 5.74) is 5.50. The molecule has 0 aliphatic heterocycles. The van der Waals surface area contributed by atoms with Crippen molar-refractivity contribution in [2.45, 2.75) is 31.2 Å². The van der Waals surface area contributed by atoms with Crippen LogP contribution in [0.4, 0.5) is 8.78 Å². The summed E-state index contributed by atoms with van der Waals surface area (Å²) in [6.45, 7) is 0.393. The highest BCUT2D eigenvalue weighted by molar-refractivity contribution is 5.79. The van der Waals surface area contributed by atoms with Gasteiger partial charge in [-0.2, -0.15) is 0 Å². The van der Waals surface area contributed by atoms with E-state index in [1.165, 1.54) is 6.07 Å². The van der Waals surface area contributed by atoms with Crippen LogP contribution < -0.4 is 11.1 Å². The fourth-order valence-electron chi connectivity index (χ4n) is 2.16. The molecule has 1 saturated carbocycles. The Labute approximate surface area is 104 Å². The molecule has 0 saturated heterocycles. The van der Waals surface area contributed by atoms with Crippen molar-refractivity contribution in [3.63, 3.8) is 0 Å². The van der Waals surface area contributed by atoms with Crippen LogP contribution in [0.1, 0.15) is 24.8 Å². The van der Waals surface area contributed by atoms with E-state index in [0.29, 0.717) is 6.54 Å². The van der Waals surface area contributed by atoms with Gasteiger partial charge in [-0.25, -0.2) is 8.78 Å². The van der Waals surface area contributed by atoms with Crippen molar-refractivity contribution in [1.82, 2.24) is 5.32 Å². The number of rotatable bonds is 4. The van der Waals surface area contributed by atoms with Crippen LogP contribution in [0.15, 0.2) is 18.2 Å². The zero-order valence-corrected chi connectivity index (χ0v) is 10.0. The number of hydrogen-bond acceptors (Lipinski definition) is 2. The molecule has 0 spiro atoms. The van der Waals surface area contributed by atoms with Gasteiger partial charge in [0.2, 0.25) is 5.91 Å². The van der Waals surface area contributed by atoms with Crippen molar-refractivity contribution in [1.29, 1.82) is 0 Å². The molecule has 1 aliphatic rings. The number of carbonyl (C=O) groups is 1. The standard InChI is InChI=1S/C13H16F2N2O/c14-10-3-2-9(11(15)7-10)6-12(18)17-13(8-16)4-1-5-13/h2-3,7H,1,4-6,8,16H2,(H,17,18). The molecule has 98 valence electrons. The molecule has 1 aromatic rings. The average molecular weight is 254 g/mol. The Hall–Kier alpha value is -1.49. The van der Waals surface area contributed by atoms with Gasteiger partial charge in [-0.15, -0.1) is 0 Å². The van der Waals surface area contributed by atoms with Gasteiger partial charge in [0.25, 0.3) is 0 Å². The second-order valence-corrected chi connectivity index (χ2v) is 4.80. The first-order valence-electron chi connectivity index (χ1n) is 6.00. The molecule has 1 aromatic carbocycles. The second kappa shape index (κ2) is 5.02. The van der Waals surface area contributed by atoms with E-state index in [-0.39, 0.29) is 23.4 Å². The van der Waals surface area contributed by atoms with Gasteiger partial charge in [-0.05, 0) is 30.9 Å². The van der Waals surface area contributed by atoms with Crippen LogP contribution in [0.2, 0.25) is 0 Å². The van der Waals surface area contributed by atoms with Gasteiger partial charge < -0.3 is 11.1 Å². The first-order chi connectivity index (χ1) is 8.54. The summed E-state index contributed by atoms with van der Waals surface area (Å²) in [6, 6.07) is 3.22. The smallest absolute Gasteiger partial charge is 0.225 e. The van der Waals surface area contributed by atoms with Crippen LogP contribution in [0.5, 0.6) is 0 Å². The SMILES string of the molecule is NCC1(NC(=O)Cc2ccc(F)cc2F)CCC1. The third-order valence-electron chi connectivity index (χ3n) is 3.47. The van der Waals surface area contributed by atoms with Gasteiger partial charge in [-0.1, -0.05) is 6.07 Å². The molecule has 0 aromatic heterocycles. The van der Waals surface area contributed by atoms with Crippen molar-refractivity contribution in [2.24, 2.45) is 5.73 Å². The van der Waals surface area contributed by atoms with Crippen LogP contribution >= 0.6 is 0 Å². The summed E-state index contributed by atoms with van der Waals surface area (Å²) >= 11 is 0. The molecule has 5 heteroatoms. The van der Waals surface area contributed by atoms with Gasteiger partial charge in [0.05, 0.1) is 12.0 Å². The van der Waals surface area contributed by atoms with E-state index < -0.39 is 11.6 Å². The molecular weight excluding hydrogens is 238 g/mol. The van der Waals surface area contributed by atoms with E-state index in [9.17, 15) is 13.6 Å². The lowest BCUT2D eigenvalue weighted by atomic mass is 9.76. The second-order valence-electron chi connectivity index (χ2n) is 4.80. The van der Waals surface area contributed by atoms with Crippen molar-refractivity contribution >= 4 is 5.91 Å². The number of benzene rings is 1. The highest BCUT2D eigenvalue weighted by Gasteiger charge is 2.36. The number of hydrogen-bond donors (Lipinski definition) is 2. The van der Waals surface area contributed by atoms with Crippen molar-refractivity contribution in [3.8, 4) is 0 Å². The van der Waals surface area contributed by atoms with E-state index in [1.54, 1.807) is 0 Å². The van der Waals surface area contributed by atoms with Gasteiger partial charge >= 0.3 is 0 Å². The maximum Gasteiger partial charge on any atom is 0.225 e. The van der Waals surface area contributed by atoms with Crippen LogP contribution in [0, 0.1) is 11.6 Å². The van der Waals surface area contributed by atoms with E-state index in [1.807, 2.05) is 0 Å². The molecule has 1 fully saturated rings. The Morgan fingerprint density at radius 2 is 2.11 bits per heavy atom. The number of nitrogens with two attached hydrogens (primary N) is 1. The van der Waals surface area contributed by atoms with Crippen molar-refractivity contribution in [3.05, 3.63) is 35.4 Å². The van der Waals surface area contributed by atoms with E-state index >= 15 is 0 Å². The molecule has 1 aliphatic carbocycles. The summed E-state index contributed by atoms with van der Waals surface area (Å²) in [7, 11) is 0. The first-order valence-corrected chi connectivity index (χ1v) is 6.00. The van der Waals surface area contributed by atoms with Crippen molar-refractivity contribution in [2.75, 3.05) is 6.54 Å². The minimum Gasteiger partial charge on any atom is -0.349 e. The fourth-order valence-corrected chi connectivity index (χ4v) is 2.16. The average Bonchev–Trinajstić information content (AvgIpc) is 2.27. The van der Waals surface area contributed by atoms with E-state index in [0.717, 1.165) is 31.4 Å². The van der Waals surface area contributed by atoms with Gasteiger partial charge in [0.15, 0.2) is 0 Å². The summed E-state index contributed by atoms with van der Waals surface area (Å²) in [6.07, 6.45) is 2.68. The number of amides is 1.